The van der Waals surface area contributed by atoms with E-state index in [2.05, 4.69) is 28.3 Å². The molecule has 0 bridgehead atoms. The summed E-state index contributed by atoms with van der Waals surface area (Å²) in [6.07, 6.45) is -8.99. The van der Waals surface area contributed by atoms with E-state index in [-0.39, 0.29) is 17.0 Å². The zero-order valence-corrected chi connectivity index (χ0v) is 20.7. The quantitative estimate of drug-likeness (QED) is 0.143. The van der Waals surface area contributed by atoms with Gasteiger partial charge in [0.15, 0.2) is 24.0 Å². The van der Waals surface area contributed by atoms with Crippen LogP contribution >= 0.6 is 15.6 Å². The van der Waals surface area contributed by atoms with Gasteiger partial charge in [-0.3, -0.25) is 13.6 Å². The van der Waals surface area contributed by atoms with Gasteiger partial charge in [-0.05, 0) is 0 Å². The Morgan fingerprint density at radius 3 is 2.14 bits per heavy atom. The smallest absolute Gasteiger partial charge is 0.387 e. The van der Waals surface area contributed by atoms with Crippen LogP contribution in [-0.2, 0) is 36.7 Å². The molecule has 0 spiro atoms. The maximum absolute atomic E-state index is 12.2. The highest BCUT2D eigenvalue weighted by Crippen LogP contribution is 2.60. The predicted octanol–water partition coefficient (Wildman–Crippen LogP) is -2.63. The standard InChI is InChI=1S/C16H25N5O14P2/c1-30-16-12(25)10(23)7(34-16)3-32-37(28,29)35-36(26,27)31-2-6-9(22)11(24)15(33-6)21-5-20-8-13(17)18-4-19-14(8)21/h4-7,9-12,15-16,22-25H,2-3H2,1H3,(H,26,27)(H,28,29)(H2,17,18,19)/t6-,7-,9-,10-,11-,12-,15-,16+/m1/s1. The molecule has 8 N–H and O–H groups in total. The second-order valence-electron chi connectivity index (χ2n) is 8.00. The molecule has 2 unspecified atom stereocenters. The monoisotopic (exact) mass is 573 g/mol. The molecule has 2 aromatic heterocycles. The largest absolute Gasteiger partial charge is 0.481 e. The van der Waals surface area contributed by atoms with Crippen molar-refractivity contribution in [1.29, 1.82) is 0 Å². The lowest BCUT2D eigenvalue weighted by molar-refractivity contribution is -0.152. The highest BCUT2D eigenvalue weighted by atomic mass is 31.3. The van der Waals surface area contributed by atoms with Gasteiger partial charge in [0.2, 0.25) is 0 Å². The van der Waals surface area contributed by atoms with E-state index in [1.165, 1.54) is 18.0 Å². The number of aliphatic hydroxyl groups excluding tert-OH is 4. The molecular formula is C16H25N5O14P2. The zero-order valence-electron chi connectivity index (χ0n) is 18.9. The highest BCUT2D eigenvalue weighted by Gasteiger charge is 2.47. The third-order valence-corrected chi connectivity index (χ3v) is 8.16. The lowest BCUT2D eigenvalue weighted by atomic mass is 10.1. The number of fused-ring (bicyclic) bond motifs is 1. The van der Waals surface area contributed by atoms with E-state index in [1.807, 2.05) is 0 Å². The molecule has 2 saturated heterocycles. The van der Waals surface area contributed by atoms with E-state index in [4.69, 9.17) is 19.9 Å². The molecule has 0 aliphatic carbocycles. The van der Waals surface area contributed by atoms with Crippen LogP contribution in [0.5, 0.6) is 0 Å². The van der Waals surface area contributed by atoms with Gasteiger partial charge >= 0.3 is 15.6 Å². The minimum Gasteiger partial charge on any atom is -0.387 e. The summed E-state index contributed by atoms with van der Waals surface area (Å²) in [5, 5.41) is 40.3. The SMILES string of the molecule is CO[C@H]1O[C@H](COP(=O)(O)OP(=O)(O)OC[C@H]2O[C@@H](n3cnc4c(N)ncnc43)[C@H](O)[C@@H]2O)[C@@H](O)[C@H]1O. The van der Waals surface area contributed by atoms with Gasteiger partial charge in [0, 0.05) is 7.11 Å². The molecule has 21 heteroatoms. The van der Waals surface area contributed by atoms with E-state index in [1.54, 1.807) is 0 Å². The van der Waals surface area contributed by atoms with E-state index in [0.717, 1.165) is 6.33 Å². The molecule has 4 heterocycles. The second kappa shape index (κ2) is 10.8. The summed E-state index contributed by atoms with van der Waals surface area (Å²) in [6.45, 7) is -1.68. The van der Waals surface area contributed by atoms with E-state index in [9.17, 15) is 39.3 Å². The van der Waals surface area contributed by atoms with Crippen molar-refractivity contribution < 1.29 is 66.9 Å². The average Bonchev–Trinajstić information content (AvgIpc) is 3.46. The van der Waals surface area contributed by atoms with Gasteiger partial charge in [0.25, 0.3) is 0 Å². The van der Waals surface area contributed by atoms with Gasteiger partial charge in [-0.1, -0.05) is 0 Å². The first-order chi connectivity index (χ1) is 17.3. The molecular weight excluding hydrogens is 548 g/mol. The van der Waals surface area contributed by atoms with Crippen LogP contribution in [0.25, 0.3) is 11.2 Å². The lowest BCUT2D eigenvalue weighted by Gasteiger charge is -2.20. The van der Waals surface area contributed by atoms with Crippen molar-refractivity contribution in [3.05, 3.63) is 12.7 Å². The molecule has 2 aromatic rings. The molecule has 0 radical (unpaired) electrons. The number of phosphoric acid groups is 2. The lowest BCUT2D eigenvalue weighted by Crippen LogP contribution is -2.34. The molecule has 0 saturated carbocycles. The molecule has 19 nitrogen and oxygen atoms in total. The number of nitrogen functional groups attached to an aromatic ring is 1. The number of nitrogens with two attached hydrogens (primary N) is 1. The van der Waals surface area contributed by atoms with Crippen molar-refractivity contribution in [2.75, 3.05) is 26.1 Å². The molecule has 0 amide bonds. The van der Waals surface area contributed by atoms with Gasteiger partial charge in [-0.2, -0.15) is 4.31 Å². The van der Waals surface area contributed by atoms with E-state index < -0.39 is 78.0 Å². The highest BCUT2D eigenvalue weighted by molar-refractivity contribution is 7.61. The molecule has 4 rings (SSSR count). The summed E-state index contributed by atoms with van der Waals surface area (Å²) in [5.74, 6) is 0.0642. The third-order valence-electron chi connectivity index (χ3n) is 5.56. The summed E-state index contributed by atoms with van der Waals surface area (Å²) in [7, 11) is -9.35. The first-order valence-corrected chi connectivity index (χ1v) is 13.5. The number of imidazole rings is 1. The van der Waals surface area contributed by atoms with Crippen LogP contribution in [0.3, 0.4) is 0 Å². The first-order valence-electron chi connectivity index (χ1n) is 10.5. The summed E-state index contributed by atoms with van der Waals surface area (Å²) < 4.78 is 54.4. The fourth-order valence-corrected chi connectivity index (χ4v) is 5.80. The van der Waals surface area contributed by atoms with Crippen LogP contribution in [0.15, 0.2) is 12.7 Å². The average molecular weight is 573 g/mol. The molecule has 2 aliphatic heterocycles. The fraction of sp³-hybridized carbons (Fsp3) is 0.688. The zero-order chi connectivity index (χ0) is 27.1. The second-order valence-corrected chi connectivity index (χ2v) is 11.0. The topological polar surface area (TPSA) is 281 Å². The summed E-state index contributed by atoms with van der Waals surface area (Å²) >= 11 is 0. The van der Waals surface area contributed by atoms with Gasteiger partial charge < -0.3 is 50.2 Å². The van der Waals surface area contributed by atoms with Crippen molar-refractivity contribution in [2.45, 2.75) is 49.1 Å². The number of ether oxygens (including phenoxy) is 3. The molecule has 37 heavy (non-hydrogen) atoms. The Bertz CT molecular complexity index is 1200. The number of methoxy groups -OCH3 is 1. The van der Waals surface area contributed by atoms with Gasteiger partial charge in [0.05, 0.1) is 19.5 Å². The summed E-state index contributed by atoms with van der Waals surface area (Å²) in [5.41, 5.74) is 6.12. The van der Waals surface area contributed by atoms with E-state index >= 15 is 0 Å². The minimum atomic E-state index is -5.29. The van der Waals surface area contributed by atoms with Crippen molar-refractivity contribution in [1.82, 2.24) is 19.5 Å². The molecule has 2 fully saturated rings. The van der Waals surface area contributed by atoms with Crippen molar-refractivity contribution in [3.8, 4) is 0 Å². The molecule has 10 atom stereocenters. The Labute approximate surface area is 207 Å². The van der Waals surface area contributed by atoms with Crippen molar-refractivity contribution in [2.24, 2.45) is 0 Å². The van der Waals surface area contributed by atoms with Crippen LogP contribution < -0.4 is 5.73 Å². The number of rotatable bonds is 10. The molecule has 0 aromatic carbocycles. The van der Waals surface area contributed by atoms with Crippen molar-refractivity contribution in [3.63, 3.8) is 0 Å². The Kier molecular flexibility index (Phi) is 8.30. The van der Waals surface area contributed by atoms with Crippen LogP contribution in [-0.4, -0.2) is 113 Å². The Morgan fingerprint density at radius 1 is 0.946 bits per heavy atom. The number of phosphoric ester groups is 2. The normalized spacial score (nSPS) is 35.5. The summed E-state index contributed by atoms with van der Waals surface area (Å²) in [4.78, 5) is 31.5. The molecule has 2 aliphatic rings. The number of aliphatic hydroxyl groups is 4. The Hall–Kier alpha value is -1.67. The molecule has 208 valence electrons. The van der Waals surface area contributed by atoms with Crippen LogP contribution in [0.2, 0.25) is 0 Å². The van der Waals surface area contributed by atoms with Gasteiger partial charge in [-0.15, -0.1) is 0 Å². The summed E-state index contributed by atoms with van der Waals surface area (Å²) in [6, 6.07) is 0. The first kappa shape index (κ1) is 28.3. The number of anilines is 1. The predicted molar refractivity (Wildman–Crippen MR) is 116 cm³/mol. The fourth-order valence-electron chi connectivity index (χ4n) is 3.71. The maximum Gasteiger partial charge on any atom is 0.481 e. The van der Waals surface area contributed by atoms with Crippen LogP contribution in [0.1, 0.15) is 6.23 Å². The van der Waals surface area contributed by atoms with Gasteiger partial charge in [0.1, 0.15) is 48.5 Å². The number of hydrogen-bond acceptors (Lipinski definition) is 16. The van der Waals surface area contributed by atoms with Crippen LogP contribution in [0, 0.1) is 0 Å². The minimum absolute atomic E-state index is 0.0642. The number of hydrogen-bond donors (Lipinski definition) is 7. The Morgan fingerprint density at radius 2 is 1.54 bits per heavy atom. The maximum atomic E-state index is 12.2. The number of aromatic nitrogens is 4. The third kappa shape index (κ3) is 6.00. The van der Waals surface area contributed by atoms with Crippen LogP contribution in [0.4, 0.5) is 5.82 Å². The van der Waals surface area contributed by atoms with Crippen molar-refractivity contribution >= 4 is 32.6 Å². The number of nitrogens with zero attached hydrogens (tertiary/aromatic N) is 4. The Balaban J connectivity index is 1.33. The van der Waals surface area contributed by atoms with E-state index in [0.29, 0.717) is 0 Å². The van der Waals surface area contributed by atoms with Gasteiger partial charge in [-0.25, -0.2) is 24.1 Å².